The van der Waals surface area contributed by atoms with E-state index in [2.05, 4.69) is 34.5 Å². The maximum Gasteiger partial charge on any atom is 0.253 e. The van der Waals surface area contributed by atoms with Gasteiger partial charge in [-0.2, -0.15) is 5.26 Å². The number of nitriles is 1. The molecule has 0 saturated carbocycles. The zero-order valence-corrected chi connectivity index (χ0v) is 20.2. The van der Waals surface area contributed by atoms with Crippen LogP contribution in [0.15, 0.2) is 71.3 Å². The fraction of sp³-hybridized carbons (Fsp3) is 0.345. The van der Waals surface area contributed by atoms with Crippen LogP contribution in [0.25, 0.3) is 0 Å². The minimum atomic E-state index is -0.0246. The van der Waals surface area contributed by atoms with Gasteiger partial charge in [-0.15, -0.1) is 0 Å². The van der Waals surface area contributed by atoms with Crippen molar-refractivity contribution in [2.24, 2.45) is 0 Å². The molecule has 0 bridgehead atoms. The van der Waals surface area contributed by atoms with Gasteiger partial charge in [0.2, 0.25) is 5.91 Å². The highest BCUT2D eigenvalue weighted by atomic mass is 16.3. The number of likely N-dealkylation sites (tertiary alicyclic amines) is 1. The Morgan fingerprint density at radius 1 is 1.03 bits per heavy atom. The minimum Gasteiger partial charge on any atom is -0.467 e. The summed E-state index contributed by atoms with van der Waals surface area (Å²) >= 11 is 0. The lowest BCUT2D eigenvalue weighted by molar-refractivity contribution is -0.123. The second kappa shape index (κ2) is 10.8. The molecular weight excluding hydrogens is 452 g/mol. The van der Waals surface area contributed by atoms with Crippen LogP contribution in [0.4, 0.5) is 0 Å². The zero-order chi connectivity index (χ0) is 24.9. The first-order chi connectivity index (χ1) is 17.6. The molecule has 2 aromatic carbocycles. The van der Waals surface area contributed by atoms with Crippen LogP contribution >= 0.6 is 0 Å². The summed E-state index contributed by atoms with van der Waals surface area (Å²) < 4.78 is 5.35. The van der Waals surface area contributed by atoms with Crippen molar-refractivity contribution in [3.63, 3.8) is 0 Å². The first-order valence-corrected chi connectivity index (χ1v) is 12.5. The first-order valence-electron chi connectivity index (χ1n) is 12.5. The lowest BCUT2D eigenvalue weighted by Crippen LogP contribution is -2.50. The summed E-state index contributed by atoms with van der Waals surface area (Å²) in [5.74, 6) is 0.716. The number of amides is 2. The number of furan rings is 1. The quantitative estimate of drug-likeness (QED) is 0.572. The van der Waals surface area contributed by atoms with Crippen molar-refractivity contribution in [2.75, 3.05) is 19.6 Å². The predicted octanol–water partition coefficient (Wildman–Crippen LogP) is 4.06. The van der Waals surface area contributed by atoms with Gasteiger partial charge >= 0.3 is 0 Å². The van der Waals surface area contributed by atoms with Crippen molar-refractivity contribution in [2.45, 2.75) is 44.3 Å². The number of carbonyl (C=O) groups excluding carboxylic acids is 2. The highest BCUT2D eigenvalue weighted by Gasteiger charge is 2.36. The topological polar surface area (TPSA) is 89.6 Å². The van der Waals surface area contributed by atoms with Gasteiger partial charge in [0.15, 0.2) is 0 Å². The molecule has 1 N–H and O–H groups in total. The van der Waals surface area contributed by atoms with E-state index in [1.807, 2.05) is 23.1 Å². The molecule has 5 rings (SSSR count). The smallest absolute Gasteiger partial charge is 0.253 e. The van der Waals surface area contributed by atoms with E-state index < -0.39 is 0 Å². The molecule has 1 fully saturated rings. The van der Waals surface area contributed by atoms with Crippen LogP contribution in [0.3, 0.4) is 0 Å². The van der Waals surface area contributed by atoms with Crippen LogP contribution in [0.1, 0.15) is 58.1 Å². The van der Waals surface area contributed by atoms with Gasteiger partial charge in [0.05, 0.1) is 24.4 Å². The van der Waals surface area contributed by atoms with E-state index in [4.69, 9.17) is 9.68 Å². The van der Waals surface area contributed by atoms with E-state index in [-0.39, 0.29) is 17.9 Å². The molecule has 0 radical (unpaired) electrons. The summed E-state index contributed by atoms with van der Waals surface area (Å²) in [7, 11) is 0. The Morgan fingerprint density at radius 2 is 1.86 bits per heavy atom. The number of carbonyl (C=O) groups is 2. The van der Waals surface area contributed by atoms with Crippen molar-refractivity contribution >= 4 is 11.8 Å². The Kier molecular flexibility index (Phi) is 7.15. The molecule has 2 aliphatic rings. The largest absolute Gasteiger partial charge is 0.467 e. The lowest BCUT2D eigenvalue weighted by atomic mass is 9.87. The summed E-state index contributed by atoms with van der Waals surface area (Å²) in [5.41, 5.74) is 3.59. The van der Waals surface area contributed by atoms with Crippen LogP contribution in [0.2, 0.25) is 0 Å². The van der Waals surface area contributed by atoms with E-state index in [1.54, 1.807) is 30.5 Å². The highest BCUT2D eigenvalue weighted by molar-refractivity contribution is 5.94. The fourth-order valence-corrected chi connectivity index (χ4v) is 5.49. The maximum atomic E-state index is 13.0. The molecule has 184 valence electrons. The molecule has 7 heteroatoms. The molecule has 36 heavy (non-hydrogen) atoms. The molecule has 2 aliphatic heterocycles. The lowest BCUT2D eigenvalue weighted by Gasteiger charge is -2.45. The number of hydrogen-bond donors (Lipinski definition) is 1. The third-order valence-electron chi connectivity index (χ3n) is 7.33. The van der Waals surface area contributed by atoms with Crippen LogP contribution in [-0.4, -0.2) is 47.3 Å². The Bertz CT molecular complexity index is 1260. The number of fused-ring (bicyclic) bond motifs is 1. The summed E-state index contributed by atoms with van der Waals surface area (Å²) in [6.07, 6.45) is 4.67. The molecule has 0 aliphatic carbocycles. The van der Waals surface area contributed by atoms with Crippen molar-refractivity contribution in [3.8, 4) is 6.07 Å². The van der Waals surface area contributed by atoms with Gasteiger partial charge in [-0.3, -0.25) is 14.5 Å². The fourth-order valence-electron chi connectivity index (χ4n) is 5.49. The summed E-state index contributed by atoms with van der Waals surface area (Å²) in [4.78, 5) is 30.3. The summed E-state index contributed by atoms with van der Waals surface area (Å²) in [6.45, 7) is 2.61. The van der Waals surface area contributed by atoms with Gasteiger partial charge in [0.1, 0.15) is 5.76 Å². The van der Waals surface area contributed by atoms with Gasteiger partial charge in [-0.25, -0.2) is 0 Å². The number of nitrogens with zero attached hydrogens (tertiary/aromatic N) is 3. The van der Waals surface area contributed by atoms with Gasteiger partial charge in [-0.1, -0.05) is 30.3 Å². The average molecular weight is 483 g/mol. The van der Waals surface area contributed by atoms with E-state index in [0.29, 0.717) is 43.2 Å². The Hall–Kier alpha value is -3.89. The second-order valence-electron chi connectivity index (χ2n) is 9.48. The number of hydrogen-bond acceptors (Lipinski definition) is 5. The van der Waals surface area contributed by atoms with Crippen molar-refractivity contribution in [1.82, 2.24) is 15.1 Å². The highest BCUT2D eigenvalue weighted by Crippen LogP contribution is 2.36. The monoisotopic (exact) mass is 482 g/mol. The standard InChI is InChI=1S/C29H30N4O3/c30-19-21-5-3-7-23(17-21)29(35)32-13-11-24(12-14-32)33-15-10-22-6-1-2-9-26(22)27(33)18-28(34)31-20-25-8-4-16-36-25/h1-9,16-17,24,27H,10-15,18,20H2,(H,31,34). The third-order valence-corrected chi connectivity index (χ3v) is 7.33. The molecule has 0 spiro atoms. The zero-order valence-electron chi connectivity index (χ0n) is 20.2. The van der Waals surface area contributed by atoms with Crippen LogP contribution in [0.5, 0.6) is 0 Å². The average Bonchev–Trinajstić information content (AvgIpc) is 3.46. The van der Waals surface area contributed by atoms with Crippen molar-refractivity contribution in [3.05, 3.63) is 94.9 Å². The van der Waals surface area contributed by atoms with Crippen LogP contribution in [0, 0.1) is 11.3 Å². The number of piperidine rings is 1. The molecule has 1 aromatic heterocycles. The molecule has 1 saturated heterocycles. The summed E-state index contributed by atoms with van der Waals surface area (Å²) in [6, 6.07) is 21.4. The minimum absolute atomic E-state index is 0.00286. The molecule has 1 atom stereocenters. The predicted molar refractivity (Wildman–Crippen MR) is 135 cm³/mol. The molecule has 1 unspecified atom stereocenters. The Morgan fingerprint density at radius 3 is 2.64 bits per heavy atom. The molecule has 7 nitrogen and oxygen atoms in total. The van der Waals surface area contributed by atoms with Crippen molar-refractivity contribution in [1.29, 1.82) is 5.26 Å². The second-order valence-corrected chi connectivity index (χ2v) is 9.48. The van der Waals surface area contributed by atoms with Gasteiger partial charge in [-0.05, 0) is 60.7 Å². The van der Waals surface area contributed by atoms with Crippen LogP contribution < -0.4 is 5.32 Å². The maximum absolute atomic E-state index is 13.0. The summed E-state index contributed by atoms with van der Waals surface area (Å²) in [5, 5.41) is 12.2. The van der Waals surface area contributed by atoms with E-state index in [1.165, 1.54) is 11.1 Å². The van der Waals surface area contributed by atoms with Gasteiger partial charge in [0, 0.05) is 43.7 Å². The van der Waals surface area contributed by atoms with Crippen LogP contribution in [-0.2, 0) is 17.8 Å². The van der Waals surface area contributed by atoms with Gasteiger partial charge < -0.3 is 14.6 Å². The molecule has 3 aromatic rings. The van der Waals surface area contributed by atoms with E-state index in [9.17, 15) is 9.59 Å². The third kappa shape index (κ3) is 5.19. The molecule has 2 amide bonds. The van der Waals surface area contributed by atoms with E-state index in [0.717, 1.165) is 31.6 Å². The normalized spacial score (nSPS) is 18.3. The molecular formula is C29H30N4O3. The number of nitrogens with one attached hydrogen (secondary N) is 1. The first kappa shape index (κ1) is 23.8. The Labute approximate surface area is 211 Å². The Balaban J connectivity index is 1.26. The number of benzene rings is 2. The van der Waals surface area contributed by atoms with Crippen molar-refractivity contribution < 1.29 is 14.0 Å². The van der Waals surface area contributed by atoms with E-state index >= 15 is 0 Å². The SMILES string of the molecule is N#Cc1cccc(C(=O)N2CCC(N3CCc4ccccc4C3CC(=O)NCc3ccco3)CC2)c1. The number of rotatable bonds is 6. The molecule has 3 heterocycles. The van der Waals surface area contributed by atoms with Gasteiger partial charge in [0.25, 0.3) is 5.91 Å².